The lowest BCUT2D eigenvalue weighted by molar-refractivity contribution is -0.137. The molecule has 3 amide bonds. The summed E-state index contributed by atoms with van der Waals surface area (Å²) < 4.78 is 15.4. The van der Waals surface area contributed by atoms with E-state index in [9.17, 15) is 23.7 Å². The van der Waals surface area contributed by atoms with Crippen LogP contribution in [-0.4, -0.2) is 57.2 Å². The van der Waals surface area contributed by atoms with Crippen LogP contribution in [0.2, 0.25) is 0 Å². The van der Waals surface area contributed by atoms with E-state index in [0.717, 1.165) is 11.1 Å². The van der Waals surface area contributed by atoms with Crippen LogP contribution in [0.15, 0.2) is 48.5 Å². The number of carbonyl (C=O) groups excluding carboxylic acids is 3. The van der Waals surface area contributed by atoms with E-state index in [1.54, 1.807) is 0 Å². The first-order valence-electron chi connectivity index (χ1n) is 12.3. The summed E-state index contributed by atoms with van der Waals surface area (Å²) in [5.74, 6) is -2.29. The fraction of sp³-hybridized carbons (Fsp3) is 0.308. The van der Waals surface area contributed by atoms with Crippen LogP contribution in [0.3, 0.4) is 0 Å². The minimum atomic E-state index is -4.68. The van der Waals surface area contributed by atoms with Gasteiger partial charge in [0.1, 0.15) is 17.8 Å². The molecule has 0 saturated heterocycles. The predicted molar refractivity (Wildman–Crippen MR) is 140 cm³/mol. The average molecular weight is 557 g/mol. The molecule has 0 bridgehead atoms. The predicted octanol–water partition coefficient (Wildman–Crippen LogP) is 1.54. The minimum absolute atomic E-state index is 0.0287. The average Bonchev–Trinajstić information content (AvgIpc) is 3.21. The number of nitrogens with zero attached hydrogens (tertiary/aromatic N) is 1. The fourth-order valence-electron chi connectivity index (χ4n) is 4.71. The van der Waals surface area contributed by atoms with Crippen LogP contribution in [0, 0.1) is 0 Å². The maximum Gasteiger partial charge on any atom is 0.524 e. The van der Waals surface area contributed by atoms with E-state index >= 15 is 0 Å². The summed E-state index contributed by atoms with van der Waals surface area (Å²) in [6, 6.07) is 9.68. The van der Waals surface area contributed by atoms with E-state index in [1.165, 1.54) is 41.3 Å². The highest BCUT2D eigenvalue weighted by Gasteiger charge is 2.43. The van der Waals surface area contributed by atoms with E-state index in [1.807, 2.05) is 18.2 Å². The molecule has 12 nitrogen and oxygen atoms in total. The lowest BCUT2D eigenvalue weighted by atomic mass is 10.0. The Morgan fingerprint density at radius 2 is 1.82 bits per heavy atom. The Bertz CT molecular complexity index is 1350. The first-order valence-corrected chi connectivity index (χ1v) is 13.8. The minimum Gasteiger partial charge on any atom is -0.481 e. The van der Waals surface area contributed by atoms with Crippen molar-refractivity contribution in [1.82, 2.24) is 10.6 Å². The number of benzene rings is 2. The van der Waals surface area contributed by atoms with E-state index in [0.29, 0.717) is 30.5 Å². The van der Waals surface area contributed by atoms with Crippen molar-refractivity contribution in [3.05, 3.63) is 65.2 Å². The zero-order chi connectivity index (χ0) is 28.2. The van der Waals surface area contributed by atoms with Crippen molar-refractivity contribution in [3.8, 4) is 5.75 Å². The number of amides is 3. The Labute approximate surface area is 223 Å². The molecule has 0 unspecified atom stereocenters. The van der Waals surface area contributed by atoms with Gasteiger partial charge in [-0.1, -0.05) is 30.3 Å². The Kier molecular flexibility index (Phi) is 8.49. The number of phosphoric acid groups is 1. The molecular weight excluding hydrogens is 529 g/mol. The molecule has 2 aliphatic heterocycles. The van der Waals surface area contributed by atoms with Crippen LogP contribution < -0.4 is 20.1 Å². The molecule has 0 aliphatic carbocycles. The molecule has 13 heteroatoms. The van der Waals surface area contributed by atoms with Gasteiger partial charge < -0.3 is 20.3 Å². The van der Waals surface area contributed by atoms with E-state index < -0.39 is 37.7 Å². The Hall–Kier alpha value is -3.99. The second kappa shape index (κ2) is 11.8. The number of rotatable bonds is 10. The number of hydrogen-bond acceptors (Lipinski definition) is 6. The number of phosphoric ester groups is 1. The Balaban J connectivity index is 1.44. The first-order chi connectivity index (χ1) is 18.5. The van der Waals surface area contributed by atoms with Gasteiger partial charge in [0, 0.05) is 25.5 Å². The number of hydrogen-bond donors (Lipinski definition) is 5. The van der Waals surface area contributed by atoms with Gasteiger partial charge in [-0.05, 0) is 54.2 Å². The largest absolute Gasteiger partial charge is 0.524 e. The fourth-order valence-corrected chi connectivity index (χ4v) is 5.11. The SMILES string of the molecule is O=C(O)CCCNC(=O)[C@@H]1Cc2cccc3c2N1C(=O)[C@@H](NC(=O)/C=C/c1ccc(OP(=O)(O)O)cc1)CC3. The Morgan fingerprint density at radius 1 is 1.10 bits per heavy atom. The number of aliphatic carboxylic acids is 1. The molecule has 0 fully saturated rings. The number of anilines is 1. The van der Waals surface area contributed by atoms with Gasteiger partial charge in [0.25, 0.3) is 0 Å². The van der Waals surface area contributed by atoms with Crippen molar-refractivity contribution >= 4 is 43.3 Å². The molecule has 0 radical (unpaired) electrons. The van der Waals surface area contributed by atoms with Crippen molar-refractivity contribution in [2.75, 3.05) is 11.4 Å². The second-order valence-corrected chi connectivity index (χ2v) is 10.4. The molecule has 0 aromatic heterocycles. The van der Waals surface area contributed by atoms with Gasteiger partial charge >= 0.3 is 13.8 Å². The lowest BCUT2D eigenvalue weighted by Crippen LogP contribution is -2.54. The van der Waals surface area contributed by atoms with Gasteiger partial charge in [-0.25, -0.2) is 4.57 Å². The molecule has 2 atom stereocenters. The lowest BCUT2D eigenvalue weighted by Gasteiger charge is -2.27. The molecule has 2 aliphatic rings. The molecule has 206 valence electrons. The van der Waals surface area contributed by atoms with Crippen LogP contribution in [-0.2, 0) is 36.6 Å². The monoisotopic (exact) mass is 557 g/mol. The van der Waals surface area contributed by atoms with E-state index in [4.69, 9.17) is 14.9 Å². The second-order valence-electron chi connectivity index (χ2n) is 9.23. The summed E-state index contributed by atoms with van der Waals surface area (Å²) in [5, 5.41) is 14.3. The number of carboxylic acids is 1. The molecule has 4 rings (SSSR count). The van der Waals surface area contributed by atoms with Crippen molar-refractivity contribution in [2.24, 2.45) is 0 Å². The number of aryl methyl sites for hydroxylation is 1. The summed E-state index contributed by atoms with van der Waals surface area (Å²) in [5.41, 5.74) is 3.03. The third-order valence-electron chi connectivity index (χ3n) is 6.42. The van der Waals surface area contributed by atoms with Crippen molar-refractivity contribution < 1.29 is 43.2 Å². The van der Waals surface area contributed by atoms with E-state index in [2.05, 4.69) is 15.2 Å². The van der Waals surface area contributed by atoms with Gasteiger partial charge in [0.2, 0.25) is 17.7 Å². The summed E-state index contributed by atoms with van der Waals surface area (Å²) in [6.07, 6.45) is 4.10. The van der Waals surface area contributed by atoms with Crippen LogP contribution >= 0.6 is 7.82 Å². The standard InChI is InChI=1S/C26H28N3O9P/c30-22(13-8-16-6-10-19(11-7-16)38-39(35,36)37)28-20-12-9-17-3-1-4-18-15-21(29(24(17)18)26(20)34)25(33)27-14-2-5-23(31)32/h1,3-4,6-8,10-11,13,20-21H,2,5,9,12,14-15H2,(H,27,33)(H,28,30)(H,31,32)(H2,35,36,37)/b13-8+/t20-,21-/m0/s1. The summed E-state index contributed by atoms with van der Waals surface area (Å²) >= 11 is 0. The highest BCUT2D eigenvalue weighted by atomic mass is 31.2. The third-order valence-corrected chi connectivity index (χ3v) is 6.87. The molecule has 2 aromatic carbocycles. The van der Waals surface area contributed by atoms with Gasteiger partial charge in [-0.15, -0.1) is 0 Å². The third kappa shape index (κ3) is 7.11. The van der Waals surface area contributed by atoms with Crippen molar-refractivity contribution in [3.63, 3.8) is 0 Å². The number of carbonyl (C=O) groups is 4. The molecular formula is C26H28N3O9P. The van der Waals surface area contributed by atoms with Gasteiger partial charge in [0.05, 0.1) is 5.69 Å². The van der Waals surface area contributed by atoms with Gasteiger partial charge in [-0.2, -0.15) is 0 Å². The Morgan fingerprint density at radius 3 is 2.51 bits per heavy atom. The molecule has 0 spiro atoms. The molecule has 5 N–H and O–H groups in total. The van der Waals surface area contributed by atoms with Crippen LogP contribution in [0.4, 0.5) is 5.69 Å². The molecule has 39 heavy (non-hydrogen) atoms. The molecule has 0 saturated carbocycles. The number of carboxylic acid groups (broad SMARTS) is 1. The maximum atomic E-state index is 13.6. The normalized spacial score (nSPS) is 18.4. The maximum absolute atomic E-state index is 13.6. The van der Waals surface area contributed by atoms with Crippen molar-refractivity contribution in [1.29, 1.82) is 0 Å². The molecule has 2 heterocycles. The zero-order valence-corrected chi connectivity index (χ0v) is 21.7. The van der Waals surface area contributed by atoms with Crippen molar-refractivity contribution in [2.45, 2.75) is 44.2 Å². The molecule has 2 aromatic rings. The summed E-state index contributed by atoms with van der Waals surface area (Å²) in [7, 11) is -4.68. The topological polar surface area (TPSA) is 183 Å². The van der Waals surface area contributed by atoms with Crippen LogP contribution in [0.1, 0.15) is 36.0 Å². The van der Waals surface area contributed by atoms with Gasteiger partial charge in [0.15, 0.2) is 0 Å². The zero-order valence-electron chi connectivity index (χ0n) is 20.8. The smallest absolute Gasteiger partial charge is 0.481 e. The quantitative estimate of drug-likeness (QED) is 0.164. The highest BCUT2D eigenvalue weighted by Crippen LogP contribution is 2.39. The van der Waals surface area contributed by atoms with Gasteiger partial charge in [-0.3, -0.25) is 33.9 Å². The van der Waals surface area contributed by atoms with Crippen LogP contribution in [0.5, 0.6) is 5.75 Å². The first kappa shape index (κ1) is 28.0. The van der Waals surface area contributed by atoms with E-state index in [-0.39, 0.29) is 31.0 Å². The number of nitrogens with one attached hydrogen (secondary N) is 2. The number of para-hydroxylation sites is 1. The van der Waals surface area contributed by atoms with Crippen LogP contribution in [0.25, 0.3) is 6.08 Å². The summed E-state index contributed by atoms with van der Waals surface area (Å²) in [6.45, 7) is 0.171. The highest BCUT2D eigenvalue weighted by molar-refractivity contribution is 7.46. The summed E-state index contributed by atoms with van der Waals surface area (Å²) in [4.78, 5) is 69.3.